The predicted molar refractivity (Wildman–Crippen MR) is 42.2 cm³/mol. The van der Waals surface area contributed by atoms with Crippen molar-refractivity contribution < 1.29 is 23.9 Å². The van der Waals surface area contributed by atoms with E-state index in [0.29, 0.717) is 0 Å². The third-order valence-electron chi connectivity index (χ3n) is 1.25. The Morgan fingerprint density at radius 3 is 1.38 bits per heavy atom. The Hall–Kier alpha value is -1.36. The molecule has 0 amide bonds. The van der Waals surface area contributed by atoms with Crippen molar-refractivity contribution in [3.05, 3.63) is 0 Å². The van der Waals surface area contributed by atoms with Gasteiger partial charge in [-0.1, -0.05) is 0 Å². The Labute approximate surface area is 75.1 Å². The zero-order valence-electron chi connectivity index (χ0n) is 7.46. The first kappa shape index (κ1) is 11.6. The minimum Gasteiger partial charge on any atom is -0.365 e. The van der Waals surface area contributed by atoms with Gasteiger partial charge in [-0.3, -0.25) is 19.2 Å². The standard InChI is InChI=1S/C8H10O5/c1-5(9)7(11)3-13-4-8(12)6(2)10/h3-4H2,1-2H3. The van der Waals surface area contributed by atoms with Crippen molar-refractivity contribution in [3.8, 4) is 0 Å². The molecule has 0 N–H and O–H groups in total. The van der Waals surface area contributed by atoms with E-state index in [2.05, 4.69) is 4.74 Å². The molecule has 0 unspecified atom stereocenters. The lowest BCUT2D eigenvalue weighted by molar-refractivity contribution is -0.142. The quantitative estimate of drug-likeness (QED) is 0.513. The van der Waals surface area contributed by atoms with Crippen LogP contribution < -0.4 is 0 Å². The van der Waals surface area contributed by atoms with E-state index in [9.17, 15) is 19.2 Å². The molecule has 0 aliphatic carbocycles. The lowest BCUT2D eigenvalue weighted by atomic mass is 10.3. The smallest absolute Gasteiger partial charge is 0.223 e. The molecule has 0 radical (unpaired) electrons. The molecule has 0 atom stereocenters. The Morgan fingerprint density at radius 1 is 0.846 bits per heavy atom. The van der Waals surface area contributed by atoms with Gasteiger partial charge < -0.3 is 4.74 Å². The molecular weight excluding hydrogens is 176 g/mol. The molecule has 0 saturated carbocycles. The van der Waals surface area contributed by atoms with Crippen molar-refractivity contribution in [2.24, 2.45) is 0 Å². The summed E-state index contributed by atoms with van der Waals surface area (Å²) >= 11 is 0. The van der Waals surface area contributed by atoms with Gasteiger partial charge in [-0.25, -0.2) is 0 Å². The molecule has 0 saturated heterocycles. The molecule has 5 nitrogen and oxygen atoms in total. The number of hydrogen-bond acceptors (Lipinski definition) is 5. The van der Waals surface area contributed by atoms with Crippen molar-refractivity contribution >= 4 is 23.1 Å². The fourth-order valence-electron chi connectivity index (χ4n) is 0.440. The van der Waals surface area contributed by atoms with E-state index in [1.54, 1.807) is 0 Å². The van der Waals surface area contributed by atoms with Crippen molar-refractivity contribution in [1.82, 2.24) is 0 Å². The van der Waals surface area contributed by atoms with Gasteiger partial charge >= 0.3 is 0 Å². The molecule has 0 rings (SSSR count). The molecule has 0 spiro atoms. The molecule has 5 heteroatoms. The van der Waals surface area contributed by atoms with Crippen molar-refractivity contribution in [3.63, 3.8) is 0 Å². The molecule has 0 aliphatic rings. The van der Waals surface area contributed by atoms with E-state index in [1.807, 2.05) is 0 Å². The SMILES string of the molecule is CC(=O)C(=O)COCC(=O)C(C)=O. The van der Waals surface area contributed by atoms with Gasteiger partial charge in [0.15, 0.2) is 11.6 Å². The van der Waals surface area contributed by atoms with Crippen LogP contribution in [0.15, 0.2) is 0 Å². The van der Waals surface area contributed by atoms with E-state index < -0.39 is 36.3 Å². The summed E-state index contributed by atoms with van der Waals surface area (Å²) in [5.41, 5.74) is 0. The summed E-state index contributed by atoms with van der Waals surface area (Å²) in [6.07, 6.45) is 0. The topological polar surface area (TPSA) is 77.5 Å². The van der Waals surface area contributed by atoms with Crippen LogP contribution in [-0.2, 0) is 23.9 Å². The molecule has 0 bridgehead atoms. The van der Waals surface area contributed by atoms with Crippen LogP contribution >= 0.6 is 0 Å². The number of hydrogen-bond donors (Lipinski definition) is 0. The van der Waals surface area contributed by atoms with Crippen LogP contribution in [-0.4, -0.2) is 36.3 Å². The van der Waals surface area contributed by atoms with E-state index >= 15 is 0 Å². The van der Waals surface area contributed by atoms with Crippen molar-refractivity contribution in [2.45, 2.75) is 13.8 Å². The van der Waals surface area contributed by atoms with Crippen LogP contribution in [0, 0.1) is 0 Å². The van der Waals surface area contributed by atoms with Gasteiger partial charge in [-0.2, -0.15) is 0 Å². The van der Waals surface area contributed by atoms with Gasteiger partial charge in [0.25, 0.3) is 0 Å². The van der Waals surface area contributed by atoms with Crippen molar-refractivity contribution in [1.29, 1.82) is 0 Å². The maximum absolute atomic E-state index is 10.6. The summed E-state index contributed by atoms with van der Waals surface area (Å²) in [6, 6.07) is 0. The maximum Gasteiger partial charge on any atom is 0.223 e. The van der Waals surface area contributed by atoms with Gasteiger partial charge in [0.1, 0.15) is 13.2 Å². The summed E-state index contributed by atoms with van der Waals surface area (Å²) in [5, 5.41) is 0. The minimum absolute atomic E-state index is 0.450. The first-order valence-corrected chi connectivity index (χ1v) is 3.60. The number of carbonyl (C=O) groups is 4. The van der Waals surface area contributed by atoms with Crippen LogP contribution in [0.3, 0.4) is 0 Å². The summed E-state index contributed by atoms with van der Waals surface area (Å²) in [5.74, 6) is -2.68. The number of Topliss-reactive ketones (excluding diaryl/α,β-unsaturated/α-hetero) is 4. The highest BCUT2D eigenvalue weighted by Gasteiger charge is 2.11. The summed E-state index contributed by atoms with van der Waals surface area (Å²) in [6.45, 7) is 1.32. The van der Waals surface area contributed by atoms with Crippen LogP contribution in [0.25, 0.3) is 0 Å². The number of rotatable bonds is 6. The first-order chi connectivity index (χ1) is 5.95. The van der Waals surface area contributed by atoms with Crippen LogP contribution in [0.4, 0.5) is 0 Å². The summed E-state index contributed by atoms with van der Waals surface area (Å²) < 4.78 is 4.54. The molecule has 0 aromatic heterocycles. The molecular formula is C8H10O5. The summed E-state index contributed by atoms with van der Waals surface area (Å²) in [4.78, 5) is 42.0. The van der Waals surface area contributed by atoms with Crippen molar-refractivity contribution in [2.75, 3.05) is 13.2 Å². The normalized spacial score (nSPS) is 9.38. The van der Waals surface area contributed by atoms with Gasteiger partial charge in [-0.05, 0) is 0 Å². The van der Waals surface area contributed by atoms with Gasteiger partial charge in [0.05, 0.1) is 0 Å². The fourth-order valence-corrected chi connectivity index (χ4v) is 0.440. The average Bonchev–Trinajstić information content (AvgIpc) is 2.03. The average molecular weight is 186 g/mol. The highest BCUT2D eigenvalue weighted by molar-refractivity contribution is 6.37. The van der Waals surface area contributed by atoms with Gasteiger partial charge in [0, 0.05) is 13.8 Å². The highest BCUT2D eigenvalue weighted by atomic mass is 16.5. The zero-order chi connectivity index (χ0) is 10.4. The van der Waals surface area contributed by atoms with E-state index in [0.717, 1.165) is 13.8 Å². The van der Waals surface area contributed by atoms with Crippen LogP contribution in [0.2, 0.25) is 0 Å². The predicted octanol–water partition coefficient (Wildman–Crippen LogP) is -0.681. The Balaban J connectivity index is 3.69. The third-order valence-corrected chi connectivity index (χ3v) is 1.25. The molecule has 0 aliphatic heterocycles. The first-order valence-electron chi connectivity index (χ1n) is 3.60. The molecule has 0 aromatic rings. The van der Waals surface area contributed by atoms with Gasteiger partial charge in [-0.15, -0.1) is 0 Å². The van der Waals surface area contributed by atoms with Crippen LogP contribution in [0.1, 0.15) is 13.8 Å². The fraction of sp³-hybridized carbons (Fsp3) is 0.500. The monoisotopic (exact) mass is 186 g/mol. The maximum atomic E-state index is 10.6. The molecule has 0 aromatic carbocycles. The Morgan fingerprint density at radius 2 is 1.15 bits per heavy atom. The van der Waals surface area contributed by atoms with Gasteiger partial charge in [0.2, 0.25) is 11.6 Å². The summed E-state index contributed by atoms with van der Waals surface area (Å²) in [7, 11) is 0. The van der Waals surface area contributed by atoms with E-state index in [1.165, 1.54) is 0 Å². The van der Waals surface area contributed by atoms with E-state index in [4.69, 9.17) is 0 Å². The Bertz CT molecular complexity index is 227. The number of ketones is 4. The third kappa shape index (κ3) is 4.97. The second kappa shape index (κ2) is 5.31. The van der Waals surface area contributed by atoms with Crippen LogP contribution in [0.5, 0.6) is 0 Å². The molecule has 0 fully saturated rings. The second-order valence-electron chi connectivity index (χ2n) is 2.45. The second-order valence-corrected chi connectivity index (χ2v) is 2.45. The highest BCUT2D eigenvalue weighted by Crippen LogP contribution is 1.83. The number of ether oxygens (including phenoxy) is 1. The minimum atomic E-state index is -0.712. The molecule has 13 heavy (non-hydrogen) atoms. The lowest BCUT2D eigenvalue weighted by Crippen LogP contribution is -2.22. The number of carbonyl (C=O) groups excluding carboxylic acids is 4. The lowest BCUT2D eigenvalue weighted by Gasteiger charge is -1.98. The van der Waals surface area contributed by atoms with E-state index in [-0.39, 0.29) is 0 Å². The molecule has 72 valence electrons. The molecule has 0 heterocycles. The largest absolute Gasteiger partial charge is 0.365 e. The zero-order valence-corrected chi connectivity index (χ0v) is 7.46. The Kier molecular flexibility index (Phi) is 4.76.